The molecule has 0 aromatic heterocycles. The highest BCUT2D eigenvalue weighted by molar-refractivity contribution is 6.34. The largest absolute Gasteiger partial charge is 0.391 e. The van der Waals surface area contributed by atoms with Crippen LogP contribution in [0.5, 0.6) is 0 Å². The van der Waals surface area contributed by atoms with E-state index in [2.05, 4.69) is 0 Å². The predicted octanol–water partition coefficient (Wildman–Crippen LogP) is 2.37. The first-order valence-corrected chi connectivity index (χ1v) is 4.66. The molecular weight excluding hydrogens is 209 g/mol. The van der Waals surface area contributed by atoms with E-state index in [1.54, 1.807) is 25.1 Å². The zero-order chi connectivity index (χ0) is 10.0. The molecule has 1 aromatic carbocycles. The van der Waals surface area contributed by atoms with Crippen LogP contribution in [0, 0.1) is 0 Å². The van der Waals surface area contributed by atoms with E-state index < -0.39 is 12.1 Å². The van der Waals surface area contributed by atoms with Crippen molar-refractivity contribution in [3.8, 4) is 0 Å². The lowest BCUT2D eigenvalue weighted by Gasteiger charge is -2.15. The Balaban J connectivity index is 3.01. The molecule has 0 fully saturated rings. The summed E-state index contributed by atoms with van der Waals surface area (Å²) in [5.74, 6) is 0. The third kappa shape index (κ3) is 2.85. The normalized spacial score (nSPS) is 15.5. The number of aliphatic hydroxyl groups excluding tert-OH is 1. The van der Waals surface area contributed by atoms with E-state index in [-0.39, 0.29) is 0 Å². The minimum atomic E-state index is -0.616. The third-order valence-electron chi connectivity index (χ3n) is 1.79. The first kappa shape index (κ1) is 10.8. The smallest absolute Gasteiger partial charge is 0.0704 e. The van der Waals surface area contributed by atoms with E-state index >= 15 is 0 Å². The highest BCUT2D eigenvalue weighted by atomic mass is 35.5. The number of nitrogens with two attached hydrogens (primary N) is 1. The first-order chi connectivity index (χ1) is 6.00. The molecule has 1 aromatic rings. The van der Waals surface area contributed by atoms with Crippen molar-refractivity contribution in [2.45, 2.75) is 19.1 Å². The van der Waals surface area contributed by atoms with Crippen molar-refractivity contribution in [1.82, 2.24) is 0 Å². The first-order valence-electron chi connectivity index (χ1n) is 3.90. The Kier molecular flexibility index (Phi) is 3.56. The lowest BCUT2D eigenvalue weighted by molar-refractivity contribution is 0.164. The van der Waals surface area contributed by atoms with E-state index in [1.807, 2.05) is 0 Å². The number of aliphatic hydroxyl groups is 1. The summed E-state index contributed by atoms with van der Waals surface area (Å²) in [6.07, 6.45) is -0.616. The van der Waals surface area contributed by atoms with Gasteiger partial charge in [-0.3, -0.25) is 0 Å². The van der Waals surface area contributed by atoms with E-state index in [1.165, 1.54) is 0 Å². The molecule has 2 atom stereocenters. The van der Waals surface area contributed by atoms with Gasteiger partial charge in [-0.25, -0.2) is 0 Å². The zero-order valence-corrected chi connectivity index (χ0v) is 8.68. The molecule has 0 radical (unpaired) electrons. The van der Waals surface area contributed by atoms with Crippen LogP contribution in [0.25, 0.3) is 0 Å². The maximum Gasteiger partial charge on any atom is 0.0704 e. The second-order valence-corrected chi connectivity index (χ2v) is 3.84. The number of rotatable bonds is 2. The van der Waals surface area contributed by atoms with Crippen LogP contribution < -0.4 is 5.73 Å². The van der Waals surface area contributed by atoms with E-state index in [4.69, 9.17) is 28.9 Å². The van der Waals surface area contributed by atoms with Crippen molar-refractivity contribution in [2.75, 3.05) is 0 Å². The molecule has 3 N–H and O–H groups in total. The Morgan fingerprint density at radius 1 is 1.23 bits per heavy atom. The topological polar surface area (TPSA) is 46.2 Å². The molecule has 0 saturated heterocycles. The summed E-state index contributed by atoms with van der Waals surface area (Å²) in [6, 6.07) is 4.58. The van der Waals surface area contributed by atoms with Gasteiger partial charge in [0.1, 0.15) is 0 Å². The van der Waals surface area contributed by atoms with E-state index in [9.17, 15) is 5.11 Å². The van der Waals surface area contributed by atoms with Crippen LogP contribution in [0.2, 0.25) is 10.0 Å². The van der Waals surface area contributed by atoms with Gasteiger partial charge in [-0.15, -0.1) is 0 Å². The van der Waals surface area contributed by atoms with Gasteiger partial charge in [0, 0.05) is 10.0 Å². The maximum atomic E-state index is 9.24. The van der Waals surface area contributed by atoms with E-state index in [0.717, 1.165) is 5.56 Å². The fourth-order valence-corrected chi connectivity index (χ4v) is 1.59. The summed E-state index contributed by atoms with van der Waals surface area (Å²) >= 11 is 11.6. The quantitative estimate of drug-likeness (QED) is 0.803. The van der Waals surface area contributed by atoms with Crippen LogP contribution in [0.15, 0.2) is 18.2 Å². The molecule has 72 valence electrons. The molecule has 4 heteroatoms. The van der Waals surface area contributed by atoms with Gasteiger partial charge in [-0.2, -0.15) is 0 Å². The van der Waals surface area contributed by atoms with Crippen molar-refractivity contribution in [3.63, 3.8) is 0 Å². The van der Waals surface area contributed by atoms with Crippen LogP contribution in [0.4, 0.5) is 0 Å². The molecule has 0 aliphatic rings. The Hall–Kier alpha value is -0.280. The van der Waals surface area contributed by atoms with Gasteiger partial charge >= 0.3 is 0 Å². The molecule has 13 heavy (non-hydrogen) atoms. The lowest BCUT2D eigenvalue weighted by Crippen LogP contribution is -2.23. The summed E-state index contributed by atoms with van der Waals surface area (Å²) in [7, 11) is 0. The Bertz CT molecular complexity index is 281. The van der Waals surface area contributed by atoms with Crippen molar-refractivity contribution < 1.29 is 5.11 Å². The second-order valence-electron chi connectivity index (χ2n) is 2.97. The second kappa shape index (κ2) is 4.29. The highest BCUT2D eigenvalue weighted by Gasteiger charge is 2.12. The number of hydrogen-bond donors (Lipinski definition) is 2. The van der Waals surface area contributed by atoms with Gasteiger partial charge in [-0.1, -0.05) is 23.2 Å². The summed E-state index contributed by atoms with van der Waals surface area (Å²) in [6.45, 7) is 1.62. The molecule has 0 bridgehead atoms. The van der Waals surface area contributed by atoms with Gasteiger partial charge in [0.25, 0.3) is 0 Å². The molecule has 0 spiro atoms. The molecule has 0 amide bonds. The van der Waals surface area contributed by atoms with Crippen LogP contribution in [0.3, 0.4) is 0 Å². The lowest BCUT2D eigenvalue weighted by atomic mass is 10.0. The maximum absolute atomic E-state index is 9.24. The van der Waals surface area contributed by atoms with Crippen molar-refractivity contribution in [2.24, 2.45) is 5.73 Å². The van der Waals surface area contributed by atoms with Crippen LogP contribution >= 0.6 is 23.2 Å². The SMILES string of the molecule is CC(O)C(N)c1cc(Cl)cc(Cl)c1. The van der Waals surface area contributed by atoms with Crippen molar-refractivity contribution in [1.29, 1.82) is 0 Å². The van der Waals surface area contributed by atoms with Crippen molar-refractivity contribution in [3.05, 3.63) is 33.8 Å². The Morgan fingerprint density at radius 2 is 1.69 bits per heavy atom. The number of benzene rings is 1. The van der Waals surface area contributed by atoms with Gasteiger partial charge < -0.3 is 10.8 Å². The minimum absolute atomic E-state index is 0.448. The van der Waals surface area contributed by atoms with Crippen LogP contribution in [-0.2, 0) is 0 Å². The van der Waals surface area contributed by atoms with Gasteiger partial charge in [0.2, 0.25) is 0 Å². The molecule has 2 nitrogen and oxygen atoms in total. The fourth-order valence-electron chi connectivity index (χ4n) is 1.05. The van der Waals surface area contributed by atoms with Crippen LogP contribution in [-0.4, -0.2) is 11.2 Å². The summed E-state index contributed by atoms with van der Waals surface area (Å²) in [5, 5.41) is 10.3. The molecule has 2 unspecified atom stereocenters. The molecule has 0 aliphatic heterocycles. The van der Waals surface area contributed by atoms with E-state index in [0.29, 0.717) is 10.0 Å². The summed E-state index contributed by atoms with van der Waals surface area (Å²) in [4.78, 5) is 0. The fraction of sp³-hybridized carbons (Fsp3) is 0.333. The number of halogens is 2. The zero-order valence-electron chi connectivity index (χ0n) is 7.17. The van der Waals surface area contributed by atoms with Crippen LogP contribution in [0.1, 0.15) is 18.5 Å². The molecule has 0 saturated carbocycles. The third-order valence-corrected chi connectivity index (χ3v) is 2.23. The van der Waals surface area contributed by atoms with Crippen molar-refractivity contribution >= 4 is 23.2 Å². The summed E-state index contributed by atoms with van der Waals surface area (Å²) in [5.41, 5.74) is 6.45. The predicted molar refractivity (Wildman–Crippen MR) is 55.1 cm³/mol. The van der Waals surface area contributed by atoms with Gasteiger partial charge in [0.05, 0.1) is 12.1 Å². The van der Waals surface area contributed by atoms with Gasteiger partial charge in [-0.05, 0) is 30.7 Å². The summed E-state index contributed by atoms with van der Waals surface area (Å²) < 4.78 is 0. The standard InChI is InChI=1S/C9H11Cl2NO/c1-5(13)9(12)6-2-7(10)4-8(11)3-6/h2-5,9,13H,12H2,1H3. The molecule has 0 aliphatic carbocycles. The Morgan fingerprint density at radius 3 is 2.08 bits per heavy atom. The average molecular weight is 220 g/mol. The number of hydrogen-bond acceptors (Lipinski definition) is 2. The van der Waals surface area contributed by atoms with Gasteiger partial charge in [0.15, 0.2) is 0 Å². The monoisotopic (exact) mass is 219 g/mol. The molecule has 1 rings (SSSR count). The average Bonchev–Trinajstić information content (AvgIpc) is 2.01. The Labute approximate surface area is 87.3 Å². The highest BCUT2D eigenvalue weighted by Crippen LogP contribution is 2.23. The minimum Gasteiger partial charge on any atom is -0.391 e. The molecular formula is C9H11Cl2NO. The molecule has 0 heterocycles.